The fourth-order valence-electron chi connectivity index (χ4n) is 2.00. The summed E-state index contributed by atoms with van der Waals surface area (Å²) in [5, 5.41) is 0. The summed E-state index contributed by atoms with van der Waals surface area (Å²) in [6, 6.07) is 12.8. The zero-order valence-corrected chi connectivity index (χ0v) is 12.3. The molecule has 0 aliphatic carbocycles. The maximum Gasteiger partial charge on any atom is 0.338 e. The van der Waals surface area contributed by atoms with E-state index < -0.39 is 5.97 Å². The van der Waals surface area contributed by atoms with Crippen molar-refractivity contribution in [2.75, 3.05) is 12.3 Å². The third-order valence-electron chi connectivity index (χ3n) is 3.00. The average Bonchev–Trinajstić information content (AvgIpc) is 2.47. The van der Waals surface area contributed by atoms with Gasteiger partial charge in [0.25, 0.3) is 0 Å². The molecule has 0 radical (unpaired) electrons. The first-order valence-corrected chi connectivity index (χ1v) is 6.85. The Morgan fingerprint density at radius 3 is 2.67 bits per heavy atom. The second-order valence-corrected chi connectivity index (χ2v) is 4.75. The molecule has 0 aliphatic heterocycles. The molecular weight excluding hydrogens is 266 g/mol. The number of carbonyl (C=O) groups is 1. The van der Waals surface area contributed by atoms with Crippen LogP contribution in [-0.2, 0) is 11.3 Å². The normalized spacial score (nSPS) is 10.2. The molecule has 2 rings (SSSR count). The van der Waals surface area contributed by atoms with Gasteiger partial charge in [0.15, 0.2) is 0 Å². The largest absolute Gasteiger partial charge is 0.492 e. The molecule has 4 heteroatoms. The highest BCUT2D eigenvalue weighted by Gasteiger charge is 2.10. The van der Waals surface area contributed by atoms with E-state index in [1.165, 1.54) is 0 Å². The number of hydrogen-bond acceptors (Lipinski definition) is 4. The maximum atomic E-state index is 12.0. The van der Waals surface area contributed by atoms with Crippen LogP contribution in [0, 0.1) is 6.92 Å². The number of anilines is 1. The molecule has 0 saturated carbocycles. The SMILES string of the molecule is CCOc1ccc(C(=O)OCc2cccc(C)c2)cc1N. The van der Waals surface area contributed by atoms with E-state index in [0.29, 0.717) is 23.6 Å². The minimum absolute atomic E-state index is 0.244. The lowest BCUT2D eigenvalue weighted by Crippen LogP contribution is -2.07. The van der Waals surface area contributed by atoms with Gasteiger partial charge in [-0.2, -0.15) is 0 Å². The van der Waals surface area contributed by atoms with Gasteiger partial charge in [-0.15, -0.1) is 0 Å². The van der Waals surface area contributed by atoms with Crippen molar-refractivity contribution in [3.05, 3.63) is 59.2 Å². The molecule has 0 bridgehead atoms. The van der Waals surface area contributed by atoms with Crippen molar-refractivity contribution in [3.8, 4) is 5.75 Å². The number of esters is 1. The molecule has 0 heterocycles. The maximum absolute atomic E-state index is 12.0. The smallest absolute Gasteiger partial charge is 0.338 e. The molecule has 21 heavy (non-hydrogen) atoms. The highest BCUT2D eigenvalue weighted by Crippen LogP contribution is 2.23. The molecule has 4 nitrogen and oxygen atoms in total. The van der Waals surface area contributed by atoms with Crippen molar-refractivity contribution in [2.45, 2.75) is 20.5 Å². The molecule has 0 fully saturated rings. The van der Waals surface area contributed by atoms with Crippen molar-refractivity contribution < 1.29 is 14.3 Å². The zero-order valence-electron chi connectivity index (χ0n) is 12.3. The summed E-state index contributed by atoms with van der Waals surface area (Å²) in [6.45, 7) is 4.65. The summed E-state index contributed by atoms with van der Waals surface area (Å²) in [5.74, 6) is 0.180. The van der Waals surface area contributed by atoms with Crippen molar-refractivity contribution in [1.82, 2.24) is 0 Å². The zero-order chi connectivity index (χ0) is 15.2. The van der Waals surface area contributed by atoms with Crippen molar-refractivity contribution in [3.63, 3.8) is 0 Å². The first-order valence-electron chi connectivity index (χ1n) is 6.85. The Balaban J connectivity index is 2.02. The molecule has 0 aliphatic rings. The van der Waals surface area contributed by atoms with E-state index in [2.05, 4.69) is 0 Å². The fourth-order valence-corrected chi connectivity index (χ4v) is 2.00. The fraction of sp³-hybridized carbons (Fsp3) is 0.235. The molecule has 0 spiro atoms. The van der Waals surface area contributed by atoms with Crippen LogP contribution in [0.2, 0.25) is 0 Å². The van der Waals surface area contributed by atoms with Gasteiger partial charge in [-0.1, -0.05) is 29.8 Å². The Kier molecular flexibility index (Phi) is 4.82. The topological polar surface area (TPSA) is 61.5 Å². The van der Waals surface area contributed by atoms with E-state index in [4.69, 9.17) is 15.2 Å². The molecule has 110 valence electrons. The molecule has 2 aromatic carbocycles. The highest BCUT2D eigenvalue weighted by molar-refractivity contribution is 5.91. The van der Waals surface area contributed by atoms with E-state index >= 15 is 0 Å². The Bertz CT molecular complexity index is 638. The van der Waals surface area contributed by atoms with Gasteiger partial charge in [-0.05, 0) is 37.6 Å². The Morgan fingerprint density at radius 1 is 1.19 bits per heavy atom. The number of nitrogen functional groups attached to an aromatic ring is 1. The molecule has 2 aromatic rings. The molecule has 0 saturated heterocycles. The predicted molar refractivity (Wildman–Crippen MR) is 82.3 cm³/mol. The number of ether oxygens (including phenoxy) is 2. The van der Waals surface area contributed by atoms with Crippen molar-refractivity contribution in [2.24, 2.45) is 0 Å². The molecule has 0 amide bonds. The van der Waals surface area contributed by atoms with Gasteiger partial charge < -0.3 is 15.2 Å². The number of carbonyl (C=O) groups excluding carboxylic acids is 1. The van der Waals surface area contributed by atoms with Crippen LogP contribution in [0.3, 0.4) is 0 Å². The summed E-state index contributed by atoms with van der Waals surface area (Å²) < 4.78 is 10.6. The second-order valence-electron chi connectivity index (χ2n) is 4.75. The minimum Gasteiger partial charge on any atom is -0.492 e. The van der Waals surface area contributed by atoms with E-state index in [0.717, 1.165) is 11.1 Å². The lowest BCUT2D eigenvalue weighted by Gasteiger charge is -2.09. The lowest BCUT2D eigenvalue weighted by molar-refractivity contribution is 0.0472. The Hall–Kier alpha value is -2.49. The van der Waals surface area contributed by atoms with Crippen LogP contribution in [0.4, 0.5) is 5.69 Å². The Labute approximate surface area is 124 Å². The first-order chi connectivity index (χ1) is 10.1. The predicted octanol–water partition coefficient (Wildman–Crippen LogP) is 3.33. The van der Waals surface area contributed by atoms with Gasteiger partial charge in [-0.3, -0.25) is 0 Å². The van der Waals surface area contributed by atoms with Gasteiger partial charge in [0.05, 0.1) is 17.9 Å². The molecule has 0 atom stereocenters. The molecule has 2 N–H and O–H groups in total. The van der Waals surface area contributed by atoms with Crippen molar-refractivity contribution in [1.29, 1.82) is 0 Å². The number of nitrogens with two attached hydrogens (primary N) is 1. The summed E-state index contributed by atoms with van der Waals surface area (Å²) in [7, 11) is 0. The molecular formula is C17H19NO3. The van der Waals surface area contributed by atoms with Crippen LogP contribution in [0.5, 0.6) is 5.75 Å². The first kappa shape index (κ1) is 14.9. The lowest BCUT2D eigenvalue weighted by atomic mass is 10.1. The van der Waals surface area contributed by atoms with Crippen LogP contribution < -0.4 is 10.5 Å². The van der Waals surface area contributed by atoms with E-state index in [1.807, 2.05) is 38.1 Å². The van der Waals surface area contributed by atoms with Gasteiger partial charge in [0.2, 0.25) is 0 Å². The van der Waals surface area contributed by atoms with Gasteiger partial charge in [0.1, 0.15) is 12.4 Å². The second kappa shape index (κ2) is 6.79. The monoisotopic (exact) mass is 285 g/mol. The van der Waals surface area contributed by atoms with Crippen LogP contribution in [0.1, 0.15) is 28.4 Å². The summed E-state index contributed by atoms with van der Waals surface area (Å²) >= 11 is 0. The quantitative estimate of drug-likeness (QED) is 0.676. The summed E-state index contributed by atoms with van der Waals surface area (Å²) in [5.41, 5.74) is 8.79. The van der Waals surface area contributed by atoms with Crippen LogP contribution in [-0.4, -0.2) is 12.6 Å². The number of hydrogen-bond donors (Lipinski definition) is 1. The summed E-state index contributed by atoms with van der Waals surface area (Å²) in [6.07, 6.45) is 0. The van der Waals surface area contributed by atoms with E-state index in [1.54, 1.807) is 18.2 Å². The van der Waals surface area contributed by atoms with Crippen LogP contribution >= 0.6 is 0 Å². The number of benzene rings is 2. The van der Waals surface area contributed by atoms with E-state index in [9.17, 15) is 4.79 Å². The van der Waals surface area contributed by atoms with Crippen LogP contribution in [0.15, 0.2) is 42.5 Å². The van der Waals surface area contributed by atoms with Gasteiger partial charge in [0, 0.05) is 0 Å². The minimum atomic E-state index is -0.397. The summed E-state index contributed by atoms with van der Waals surface area (Å²) in [4.78, 5) is 12.0. The molecule has 0 aromatic heterocycles. The molecule has 0 unspecified atom stereocenters. The third-order valence-corrected chi connectivity index (χ3v) is 3.00. The Morgan fingerprint density at radius 2 is 2.00 bits per heavy atom. The third kappa shape index (κ3) is 3.99. The highest BCUT2D eigenvalue weighted by atomic mass is 16.5. The van der Waals surface area contributed by atoms with Crippen LogP contribution in [0.25, 0.3) is 0 Å². The van der Waals surface area contributed by atoms with Crippen molar-refractivity contribution >= 4 is 11.7 Å². The van der Waals surface area contributed by atoms with E-state index in [-0.39, 0.29) is 6.61 Å². The van der Waals surface area contributed by atoms with Gasteiger partial charge >= 0.3 is 5.97 Å². The van der Waals surface area contributed by atoms with Gasteiger partial charge in [-0.25, -0.2) is 4.79 Å². The average molecular weight is 285 g/mol. The number of rotatable bonds is 5. The number of aryl methyl sites for hydroxylation is 1. The standard InChI is InChI=1S/C17H19NO3/c1-3-20-16-8-7-14(10-15(16)18)17(19)21-11-13-6-4-5-12(2)9-13/h4-10H,3,11,18H2,1-2H3.